The quantitative estimate of drug-likeness (QED) is 0.681. The minimum atomic E-state index is 1.12. The molecule has 1 aromatic heterocycles. The zero-order chi connectivity index (χ0) is 10.4. The molecule has 0 spiro atoms. The predicted molar refractivity (Wildman–Crippen MR) is 63.6 cm³/mol. The number of aryl methyl sites for hydroxylation is 1. The fraction of sp³-hybridized carbons (Fsp3) is 0.250. The molecule has 0 radical (unpaired) electrons. The molecule has 2 rings (SSSR count). The Morgan fingerprint density at radius 2 is 1.71 bits per heavy atom. The Bertz CT molecular complexity index is 365. The van der Waals surface area contributed by atoms with E-state index in [1.165, 1.54) is 10.4 Å². The van der Waals surface area contributed by atoms with E-state index in [0.29, 0.717) is 0 Å². The molecule has 0 unspecified atom stereocenters. The summed E-state index contributed by atoms with van der Waals surface area (Å²) in [7, 11) is 0. The van der Waals surface area contributed by atoms with E-state index in [1.54, 1.807) is 11.3 Å². The first kappa shape index (κ1) is 10.9. The number of rotatable bonds is 1. The highest BCUT2D eigenvalue weighted by molar-refractivity contribution is 7.13. The van der Waals surface area contributed by atoms with E-state index in [-0.39, 0.29) is 0 Å². The maximum Gasteiger partial charge on any atom is 0.0801 e. The second-order valence-electron chi connectivity index (χ2n) is 2.63. The molecule has 0 aliphatic heterocycles. The molecule has 14 heavy (non-hydrogen) atoms. The highest BCUT2D eigenvalue weighted by Crippen LogP contribution is 2.26. The standard InChI is InChI=1S/C10H9NS.C2H6/c1-8-10(12-7-11-8)9-5-3-2-4-6-9;1-2/h2-7H,1H3;1-2H3. The summed E-state index contributed by atoms with van der Waals surface area (Å²) < 4.78 is 0. The average molecular weight is 205 g/mol. The van der Waals surface area contributed by atoms with Crippen molar-refractivity contribution < 1.29 is 0 Å². The van der Waals surface area contributed by atoms with Crippen molar-refractivity contribution in [1.29, 1.82) is 0 Å². The number of hydrogen-bond donors (Lipinski definition) is 0. The number of thiazole rings is 1. The molecule has 1 nitrogen and oxygen atoms in total. The Balaban J connectivity index is 0.000000461. The molecule has 0 atom stereocenters. The summed E-state index contributed by atoms with van der Waals surface area (Å²) in [6, 6.07) is 10.4. The van der Waals surface area contributed by atoms with E-state index in [4.69, 9.17) is 0 Å². The van der Waals surface area contributed by atoms with E-state index >= 15 is 0 Å². The number of benzene rings is 1. The minimum absolute atomic E-state index is 1.12. The lowest BCUT2D eigenvalue weighted by Gasteiger charge is -1.96. The SMILES string of the molecule is CC.Cc1ncsc1-c1ccccc1. The van der Waals surface area contributed by atoms with E-state index in [0.717, 1.165) is 5.69 Å². The third-order valence-corrected chi connectivity index (χ3v) is 2.76. The van der Waals surface area contributed by atoms with Crippen LogP contribution in [0.1, 0.15) is 19.5 Å². The van der Waals surface area contributed by atoms with E-state index in [1.807, 2.05) is 32.3 Å². The summed E-state index contributed by atoms with van der Waals surface area (Å²) in [4.78, 5) is 5.49. The molecule has 1 aromatic carbocycles. The van der Waals surface area contributed by atoms with E-state index in [2.05, 4.69) is 29.2 Å². The second kappa shape index (κ2) is 5.55. The summed E-state index contributed by atoms with van der Waals surface area (Å²) in [6.45, 7) is 6.04. The van der Waals surface area contributed by atoms with Crippen molar-refractivity contribution in [2.24, 2.45) is 0 Å². The highest BCUT2D eigenvalue weighted by Gasteiger charge is 2.01. The Morgan fingerprint density at radius 1 is 1.07 bits per heavy atom. The Labute approximate surface area is 89.4 Å². The molecule has 0 fully saturated rings. The maximum absolute atomic E-state index is 4.21. The van der Waals surface area contributed by atoms with Crippen LogP contribution in [0, 0.1) is 6.92 Å². The third kappa shape index (κ3) is 2.42. The van der Waals surface area contributed by atoms with Crippen molar-refractivity contribution in [3.05, 3.63) is 41.5 Å². The van der Waals surface area contributed by atoms with Gasteiger partial charge >= 0.3 is 0 Å². The number of hydrogen-bond acceptors (Lipinski definition) is 2. The van der Waals surface area contributed by atoms with Crippen molar-refractivity contribution in [1.82, 2.24) is 4.98 Å². The third-order valence-electron chi connectivity index (χ3n) is 1.78. The van der Waals surface area contributed by atoms with Crippen LogP contribution in [0.3, 0.4) is 0 Å². The van der Waals surface area contributed by atoms with Gasteiger partial charge in [-0.15, -0.1) is 11.3 Å². The molecule has 1 heterocycles. The van der Waals surface area contributed by atoms with Crippen LogP contribution in [0.2, 0.25) is 0 Å². The van der Waals surface area contributed by atoms with Gasteiger partial charge in [0.2, 0.25) is 0 Å². The predicted octanol–water partition coefficient (Wildman–Crippen LogP) is 4.14. The molecule has 2 heteroatoms. The van der Waals surface area contributed by atoms with Gasteiger partial charge in [0.15, 0.2) is 0 Å². The zero-order valence-corrected chi connectivity index (χ0v) is 9.64. The smallest absolute Gasteiger partial charge is 0.0801 e. The summed E-state index contributed by atoms with van der Waals surface area (Å²) >= 11 is 1.69. The lowest BCUT2D eigenvalue weighted by atomic mass is 10.2. The van der Waals surface area contributed by atoms with Crippen LogP contribution in [0.4, 0.5) is 0 Å². The lowest BCUT2D eigenvalue weighted by molar-refractivity contribution is 1.27. The molecular weight excluding hydrogens is 190 g/mol. The van der Waals surface area contributed by atoms with Crippen LogP contribution in [-0.2, 0) is 0 Å². The van der Waals surface area contributed by atoms with Gasteiger partial charge in [0, 0.05) is 0 Å². The summed E-state index contributed by atoms with van der Waals surface area (Å²) in [5.41, 5.74) is 4.27. The Morgan fingerprint density at radius 3 is 2.21 bits per heavy atom. The maximum atomic E-state index is 4.21. The largest absolute Gasteiger partial charge is 0.249 e. The molecular formula is C12H15NS. The highest BCUT2D eigenvalue weighted by atomic mass is 32.1. The van der Waals surface area contributed by atoms with Gasteiger partial charge in [0.25, 0.3) is 0 Å². The monoisotopic (exact) mass is 205 g/mol. The molecule has 74 valence electrons. The van der Waals surface area contributed by atoms with Crippen molar-refractivity contribution in [2.45, 2.75) is 20.8 Å². The van der Waals surface area contributed by atoms with Crippen LogP contribution in [-0.4, -0.2) is 4.98 Å². The fourth-order valence-electron chi connectivity index (χ4n) is 1.17. The molecule has 0 aliphatic rings. The van der Waals surface area contributed by atoms with Crippen LogP contribution < -0.4 is 0 Å². The van der Waals surface area contributed by atoms with Crippen LogP contribution in [0.5, 0.6) is 0 Å². The van der Waals surface area contributed by atoms with Gasteiger partial charge in [-0.3, -0.25) is 0 Å². The van der Waals surface area contributed by atoms with Gasteiger partial charge in [-0.2, -0.15) is 0 Å². The van der Waals surface area contributed by atoms with Gasteiger partial charge in [-0.25, -0.2) is 4.98 Å². The molecule has 0 bridgehead atoms. The van der Waals surface area contributed by atoms with Crippen molar-refractivity contribution in [3.8, 4) is 10.4 Å². The molecule has 0 saturated heterocycles. The molecule has 2 aromatic rings. The lowest BCUT2D eigenvalue weighted by Crippen LogP contribution is -1.75. The second-order valence-corrected chi connectivity index (χ2v) is 3.49. The summed E-state index contributed by atoms with van der Waals surface area (Å²) in [5.74, 6) is 0. The van der Waals surface area contributed by atoms with Crippen LogP contribution in [0.25, 0.3) is 10.4 Å². The average Bonchev–Trinajstić information content (AvgIpc) is 2.69. The van der Waals surface area contributed by atoms with Gasteiger partial charge in [-0.05, 0) is 12.5 Å². The molecule has 0 aliphatic carbocycles. The van der Waals surface area contributed by atoms with E-state index in [9.17, 15) is 0 Å². The normalized spacial score (nSPS) is 9.07. The van der Waals surface area contributed by atoms with E-state index < -0.39 is 0 Å². The molecule has 0 N–H and O–H groups in total. The first-order chi connectivity index (χ1) is 6.88. The van der Waals surface area contributed by atoms with Gasteiger partial charge in [0.05, 0.1) is 16.1 Å². The van der Waals surface area contributed by atoms with Crippen LogP contribution in [0.15, 0.2) is 35.8 Å². The Hall–Kier alpha value is -1.15. The van der Waals surface area contributed by atoms with Gasteiger partial charge < -0.3 is 0 Å². The number of aromatic nitrogens is 1. The van der Waals surface area contributed by atoms with Crippen LogP contribution >= 0.6 is 11.3 Å². The number of nitrogens with zero attached hydrogens (tertiary/aromatic N) is 1. The first-order valence-electron chi connectivity index (χ1n) is 4.83. The molecule has 0 amide bonds. The fourth-order valence-corrected chi connectivity index (χ4v) is 1.98. The van der Waals surface area contributed by atoms with Gasteiger partial charge in [0.1, 0.15) is 0 Å². The van der Waals surface area contributed by atoms with Gasteiger partial charge in [-0.1, -0.05) is 44.2 Å². The van der Waals surface area contributed by atoms with Crippen molar-refractivity contribution in [2.75, 3.05) is 0 Å². The topological polar surface area (TPSA) is 12.9 Å². The van der Waals surface area contributed by atoms with Crippen molar-refractivity contribution >= 4 is 11.3 Å². The summed E-state index contributed by atoms with van der Waals surface area (Å²) in [6.07, 6.45) is 0. The van der Waals surface area contributed by atoms with Crippen molar-refractivity contribution in [3.63, 3.8) is 0 Å². The minimum Gasteiger partial charge on any atom is -0.249 e. The first-order valence-corrected chi connectivity index (χ1v) is 5.71. The summed E-state index contributed by atoms with van der Waals surface area (Å²) in [5, 5.41) is 0. The Kier molecular flexibility index (Phi) is 4.33. The zero-order valence-electron chi connectivity index (χ0n) is 8.82. The molecule has 0 saturated carbocycles.